The highest BCUT2D eigenvalue weighted by molar-refractivity contribution is 6.72. The average Bonchev–Trinajstić information content (AvgIpc) is 3.40. The number of rotatable bonds is 3. The summed E-state index contributed by atoms with van der Waals surface area (Å²) in [5.74, 6) is 6.05. The van der Waals surface area contributed by atoms with Crippen molar-refractivity contribution in [1.29, 1.82) is 0 Å². The lowest BCUT2D eigenvalue weighted by molar-refractivity contribution is -0.00860. The van der Waals surface area contributed by atoms with E-state index in [1.165, 1.54) is 141 Å². The van der Waals surface area contributed by atoms with Gasteiger partial charge >= 0.3 is 0 Å². The number of allylic oxidation sites excluding steroid dienone is 6. The van der Waals surface area contributed by atoms with E-state index in [1.54, 1.807) is 0 Å². The molecule has 0 aromatic carbocycles. The molecule has 3 saturated carbocycles. The molecule has 3 aliphatic heterocycles. The average molecular weight is 815 g/mol. The summed E-state index contributed by atoms with van der Waals surface area (Å²) in [6, 6.07) is 1.95. The summed E-state index contributed by atoms with van der Waals surface area (Å²) in [6.07, 6.45) is 40.0. The molecule has 10 rings (SSSR count). The summed E-state index contributed by atoms with van der Waals surface area (Å²) >= 11 is 0. The predicted octanol–water partition coefficient (Wildman–Crippen LogP) is 15.8. The molecule has 0 bridgehead atoms. The standard InChI is InChI=1S/C57H91BN2/c1-53(2,3)41-25-26-48-46(36-41)58-47-30-39(37-21-15-12-16-22-37)29-45-52(47)60(56(10,11)57(45)27-19-14-20-28-57)50-32-40(38-23-17-13-18-24-38)31-49(51(50)58)59(48)44-34-42(54(4,5)6)33-43(35-44)55(7,8)9/h23,26,30,37,40-47,50,52H,12-22,24-25,27-29,31-36H2,1-11H3. The normalized spacial score (nSPS) is 39.8. The Morgan fingerprint density at radius 2 is 1.32 bits per heavy atom. The predicted molar refractivity (Wildman–Crippen MR) is 257 cm³/mol. The van der Waals surface area contributed by atoms with Gasteiger partial charge in [0.25, 0.3) is 0 Å². The second-order valence-corrected chi connectivity index (χ2v) is 27.4. The van der Waals surface area contributed by atoms with E-state index in [-0.39, 0.29) is 5.54 Å². The lowest BCUT2D eigenvalue weighted by Gasteiger charge is -2.63. The Bertz CT molecular complexity index is 1730. The molecular weight excluding hydrogens is 723 g/mol. The van der Waals surface area contributed by atoms with Crippen LogP contribution < -0.4 is 0 Å². The van der Waals surface area contributed by atoms with Crippen molar-refractivity contribution in [2.45, 2.75) is 253 Å². The molecule has 0 aromatic rings. The maximum atomic E-state index is 3.41. The fourth-order valence-corrected chi connectivity index (χ4v) is 17.8. The van der Waals surface area contributed by atoms with Crippen molar-refractivity contribution in [2.24, 2.45) is 57.2 Å². The quantitative estimate of drug-likeness (QED) is 0.207. The molecule has 3 heterocycles. The zero-order chi connectivity index (χ0) is 42.1. The molecule has 1 spiro atoms. The van der Waals surface area contributed by atoms with Crippen LogP contribution in [0.3, 0.4) is 0 Å². The van der Waals surface area contributed by atoms with E-state index < -0.39 is 0 Å². The molecule has 7 aliphatic carbocycles. The summed E-state index contributed by atoms with van der Waals surface area (Å²) in [5.41, 5.74) is 11.3. The largest absolute Gasteiger partial charge is 0.347 e. The third kappa shape index (κ3) is 6.84. The maximum absolute atomic E-state index is 3.41. The van der Waals surface area contributed by atoms with Gasteiger partial charge in [-0.05, 0) is 185 Å². The number of nitrogens with zero attached hydrogens (tertiary/aromatic N) is 2. The molecule has 0 N–H and O–H groups in total. The lowest BCUT2D eigenvalue weighted by Crippen LogP contribution is -2.66. The van der Waals surface area contributed by atoms with E-state index in [2.05, 4.69) is 104 Å². The van der Waals surface area contributed by atoms with Crippen LogP contribution in [0.2, 0.25) is 11.6 Å². The van der Waals surface area contributed by atoms with Crippen LogP contribution in [0.4, 0.5) is 0 Å². The third-order valence-electron chi connectivity index (χ3n) is 21.3. The maximum Gasteiger partial charge on any atom is 0.192 e. The van der Waals surface area contributed by atoms with E-state index in [0.29, 0.717) is 58.0 Å². The van der Waals surface area contributed by atoms with Crippen molar-refractivity contribution in [3.63, 3.8) is 0 Å². The molecule has 60 heavy (non-hydrogen) atoms. The summed E-state index contributed by atoms with van der Waals surface area (Å²) in [4.78, 5) is 6.68. The molecule has 0 amide bonds. The first-order valence-corrected chi connectivity index (χ1v) is 26.8. The minimum Gasteiger partial charge on any atom is -0.347 e. The first-order valence-electron chi connectivity index (χ1n) is 26.8. The highest BCUT2D eigenvalue weighted by Crippen LogP contribution is 2.71. The highest BCUT2D eigenvalue weighted by atomic mass is 15.3. The molecule has 2 saturated heterocycles. The van der Waals surface area contributed by atoms with E-state index in [9.17, 15) is 0 Å². The van der Waals surface area contributed by atoms with Gasteiger partial charge in [0.15, 0.2) is 6.71 Å². The lowest BCUT2D eigenvalue weighted by atomic mass is 9.22. The molecule has 9 atom stereocenters. The molecular formula is C57H91BN2. The number of fused-ring (bicyclic) bond motifs is 5. The van der Waals surface area contributed by atoms with Gasteiger partial charge in [-0.2, -0.15) is 0 Å². The van der Waals surface area contributed by atoms with Gasteiger partial charge in [-0.3, -0.25) is 4.90 Å². The van der Waals surface area contributed by atoms with Crippen LogP contribution in [-0.4, -0.2) is 40.2 Å². The Balaban J connectivity index is 1.21. The SMILES string of the molecule is CC(C)(C)C1CC=C2C(C1)B1C3=C(CC(C4=CCCCC4)CC3N3C4C1C=C(C1CCCCC1)CC4C1(CCCCC1)C3(C)C)N2C1CC(C(C)(C)C)CC(C(C)(C)C)C1. The topological polar surface area (TPSA) is 6.48 Å². The minimum absolute atomic E-state index is 0.231. The van der Waals surface area contributed by atoms with Crippen LogP contribution in [-0.2, 0) is 0 Å². The molecule has 0 aromatic heterocycles. The van der Waals surface area contributed by atoms with Crippen LogP contribution in [0.1, 0.15) is 217 Å². The first kappa shape index (κ1) is 42.7. The second kappa shape index (κ2) is 15.2. The number of hydrogen-bond donors (Lipinski definition) is 0. The monoisotopic (exact) mass is 815 g/mol. The smallest absolute Gasteiger partial charge is 0.192 e. The molecule has 10 aliphatic rings. The van der Waals surface area contributed by atoms with Gasteiger partial charge in [-0.1, -0.05) is 136 Å². The summed E-state index contributed by atoms with van der Waals surface area (Å²) in [5, 5.41) is 0. The van der Waals surface area contributed by atoms with Crippen LogP contribution in [0.5, 0.6) is 0 Å². The van der Waals surface area contributed by atoms with Gasteiger partial charge in [0.1, 0.15) is 0 Å². The van der Waals surface area contributed by atoms with Crippen molar-refractivity contribution in [3.05, 3.63) is 46.2 Å². The van der Waals surface area contributed by atoms with Gasteiger partial charge in [-0.15, -0.1) is 0 Å². The van der Waals surface area contributed by atoms with Crippen LogP contribution in [0, 0.1) is 57.2 Å². The Morgan fingerprint density at radius 1 is 0.650 bits per heavy atom. The fourth-order valence-electron chi connectivity index (χ4n) is 17.8. The van der Waals surface area contributed by atoms with Crippen LogP contribution in [0.25, 0.3) is 0 Å². The van der Waals surface area contributed by atoms with Gasteiger partial charge in [0, 0.05) is 35.1 Å². The molecule has 332 valence electrons. The highest BCUT2D eigenvalue weighted by Gasteiger charge is 2.72. The van der Waals surface area contributed by atoms with Crippen molar-refractivity contribution < 1.29 is 0 Å². The van der Waals surface area contributed by atoms with Gasteiger partial charge in [0.2, 0.25) is 0 Å². The van der Waals surface area contributed by atoms with Crippen molar-refractivity contribution >= 4 is 6.71 Å². The van der Waals surface area contributed by atoms with Crippen molar-refractivity contribution in [1.82, 2.24) is 9.80 Å². The Labute approximate surface area is 371 Å². The number of hydrogen-bond acceptors (Lipinski definition) is 2. The van der Waals surface area contributed by atoms with Crippen LogP contribution >= 0.6 is 0 Å². The van der Waals surface area contributed by atoms with E-state index in [4.69, 9.17) is 0 Å². The van der Waals surface area contributed by atoms with Crippen LogP contribution in [0.15, 0.2) is 46.2 Å². The molecule has 3 heteroatoms. The Kier molecular flexibility index (Phi) is 10.8. The summed E-state index contributed by atoms with van der Waals surface area (Å²) in [7, 11) is 0. The van der Waals surface area contributed by atoms with Crippen molar-refractivity contribution in [3.8, 4) is 0 Å². The third-order valence-corrected chi connectivity index (χ3v) is 21.3. The fraction of sp³-hybridized carbons (Fsp3) is 0.860. The zero-order valence-corrected chi connectivity index (χ0v) is 41.1. The molecule has 5 fully saturated rings. The van der Waals surface area contributed by atoms with Gasteiger partial charge in [0.05, 0.1) is 0 Å². The van der Waals surface area contributed by atoms with Crippen molar-refractivity contribution in [2.75, 3.05) is 0 Å². The van der Waals surface area contributed by atoms with Gasteiger partial charge < -0.3 is 4.90 Å². The second-order valence-electron chi connectivity index (χ2n) is 27.4. The molecule has 2 nitrogen and oxygen atoms in total. The zero-order valence-electron chi connectivity index (χ0n) is 41.1. The van der Waals surface area contributed by atoms with E-state index >= 15 is 0 Å². The Morgan fingerprint density at radius 3 is 1.95 bits per heavy atom. The van der Waals surface area contributed by atoms with E-state index in [0.717, 1.165) is 35.6 Å². The van der Waals surface area contributed by atoms with Gasteiger partial charge in [-0.25, -0.2) is 0 Å². The summed E-state index contributed by atoms with van der Waals surface area (Å²) < 4.78 is 0. The molecule has 9 unspecified atom stereocenters. The van der Waals surface area contributed by atoms with E-state index in [1.807, 2.05) is 28.0 Å². The Hall–Kier alpha value is -1.22. The first-order chi connectivity index (χ1) is 28.4. The minimum atomic E-state index is 0.231. The molecule has 0 radical (unpaired) electrons. The summed E-state index contributed by atoms with van der Waals surface area (Å²) in [6.45, 7) is 29.6.